The molecule has 1 fully saturated rings. The van der Waals surface area contributed by atoms with Gasteiger partial charge in [0.2, 0.25) is 11.8 Å². The maximum atomic E-state index is 14.8. The highest BCUT2D eigenvalue weighted by Crippen LogP contribution is 2.53. The summed E-state index contributed by atoms with van der Waals surface area (Å²) in [7, 11) is 1.20. The van der Waals surface area contributed by atoms with Crippen LogP contribution >= 0.6 is 34.8 Å². The summed E-state index contributed by atoms with van der Waals surface area (Å²) in [6, 6.07) is 6.09. The third-order valence-corrected chi connectivity index (χ3v) is 5.91. The first-order chi connectivity index (χ1) is 14.4. The third kappa shape index (κ3) is 4.92. The summed E-state index contributed by atoms with van der Waals surface area (Å²) in [6.45, 7) is 1.14. The predicted molar refractivity (Wildman–Crippen MR) is 116 cm³/mol. The normalized spacial score (nSPS) is 16.4. The first-order valence-corrected chi connectivity index (χ1v) is 10.1. The van der Waals surface area contributed by atoms with Gasteiger partial charge in [-0.25, -0.2) is 8.78 Å². The quantitative estimate of drug-likeness (QED) is 0.580. The molecule has 0 heterocycles. The summed E-state index contributed by atoms with van der Waals surface area (Å²) in [5.41, 5.74) is -0.768. The molecule has 3 rings (SSSR count). The molecule has 1 aliphatic rings. The average molecular weight is 491 g/mol. The number of nitrogens with zero attached hydrogens (tertiary/aromatic N) is 1. The molecule has 0 aliphatic heterocycles. The van der Waals surface area contributed by atoms with Crippen LogP contribution in [-0.4, -0.2) is 29.1 Å². The zero-order valence-corrected chi connectivity index (χ0v) is 18.5. The van der Waals surface area contributed by atoms with Crippen LogP contribution in [0.2, 0.25) is 5.02 Å². The predicted octanol–water partition coefficient (Wildman–Crippen LogP) is 4.99. The van der Waals surface area contributed by atoms with Crippen LogP contribution in [0.25, 0.3) is 0 Å². The molecular formula is C20H16Cl3F2N3O3. The van der Waals surface area contributed by atoms with E-state index in [4.69, 9.17) is 34.8 Å². The molecular weight excluding hydrogens is 475 g/mol. The maximum absolute atomic E-state index is 14.8. The molecule has 3 amide bonds. The van der Waals surface area contributed by atoms with Gasteiger partial charge in [0.05, 0.1) is 22.2 Å². The largest absolute Gasteiger partial charge is 0.326 e. The van der Waals surface area contributed by atoms with E-state index in [1.807, 2.05) is 0 Å². The average Bonchev–Trinajstić information content (AvgIpc) is 3.33. The highest BCUT2D eigenvalue weighted by molar-refractivity contribution is 6.52. The maximum Gasteiger partial charge on any atom is 0.257 e. The van der Waals surface area contributed by atoms with Crippen molar-refractivity contribution < 1.29 is 23.2 Å². The standard InChI is InChI=1S/C20H16Cl3F2N3O3/c1-9(29)28(2)17-14(24)5-6-15(16(17)25)27-18(30)11-7-10(3-4-13(11)21)26-19(31)12-8-20(12,22)23/h3-7,12H,8H2,1-2H3,(H,26,31)(H,27,30)/t12-/m1/s1. The van der Waals surface area contributed by atoms with Crippen molar-refractivity contribution in [2.75, 3.05) is 22.6 Å². The van der Waals surface area contributed by atoms with Crippen molar-refractivity contribution >= 4 is 69.6 Å². The van der Waals surface area contributed by atoms with Crippen molar-refractivity contribution in [1.29, 1.82) is 0 Å². The lowest BCUT2D eigenvalue weighted by atomic mass is 10.1. The molecule has 2 aromatic carbocycles. The third-order valence-electron chi connectivity index (χ3n) is 4.74. The van der Waals surface area contributed by atoms with E-state index in [2.05, 4.69) is 10.6 Å². The number of nitrogens with one attached hydrogen (secondary N) is 2. The number of anilines is 3. The van der Waals surface area contributed by atoms with Crippen molar-refractivity contribution in [3.63, 3.8) is 0 Å². The lowest BCUT2D eigenvalue weighted by Crippen LogP contribution is -2.26. The molecule has 2 aromatic rings. The van der Waals surface area contributed by atoms with Crippen LogP contribution in [0, 0.1) is 17.6 Å². The van der Waals surface area contributed by atoms with Crippen molar-refractivity contribution in [2.24, 2.45) is 5.92 Å². The summed E-state index contributed by atoms with van der Waals surface area (Å²) in [5, 5.41) is 4.92. The van der Waals surface area contributed by atoms with Crippen LogP contribution in [0.15, 0.2) is 30.3 Å². The van der Waals surface area contributed by atoms with E-state index in [0.717, 1.165) is 24.0 Å². The molecule has 31 heavy (non-hydrogen) atoms. The number of benzene rings is 2. The Morgan fingerprint density at radius 2 is 1.77 bits per heavy atom. The Balaban J connectivity index is 1.83. The van der Waals surface area contributed by atoms with Gasteiger partial charge in [-0.3, -0.25) is 14.4 Å². The van der Waals surface area contributed by atoms with E-state index < -0.39 is 45.3 Å². The Morgan fingerprint density at radius 3 is 2.35 bits per heavy atom. The minimum atomic E-state index is -1.12. The molecule has 1 saturated carbocycles. The van der Waals surface area contributed by atoms with Crippen LogP contribution < -0.4 is 15.5 Å². The Hall–Kier alpha value is -2.42. The fourth-order valence-electron chi connectivity index (χ4n) is 2.80. The number of amides is 3. The molecule has 6 nitrogen and oxygen atoms in total. The molecule has 1 aliphatic carbocycles. The number of hydrogen-bond acceptors (Lipinski definition) is 3. The van der Waals surface area contributed by atoms with Gasteiger partial charge in [-0.2, -0.15) is 0 Å². The van der Waals surface area contributed by atoms with Gasteiger partial charge in [-0.15, -0.1) is 23.2 Å². The second-order valence-corrected chi connectivity index (χ2v) is 8.94. The van der Waals surface area contributed by atoms with Crippen molar-refractivity contribution in [2.45, 2.75) is 17.7 Å². The van der Waals surface area contributed by atoms with Crippen LogP contribution in [-0.2, 0) is 9.59 Å². The number of carbonyl (C=O) groups is 3. The van der Waals surface area contributed by atoms with Crippen LogP contribution in [0.4, 0.5) is 25.8 Å². The fraction of sp³-hybridized carbons (Fsp3) is 0.250. The Kier molecular flexibility index (Phi) is 6.45. The smallest absolute Gasteiger partial charge is 0.257 e. The zero-order chi connectivity index (χ0) is 23.1. The Bertz CT molecular complexity index is 1090. The molecule has 2 N–H and O–H groups in total. The van der Waals surface area contributed by atoms with Gasteiger partial charge in [0.25, 0.3) is 5.91 Å². The van der Waals surface area contributed by atoms with Gasteiger partial charge in [0.15, 0.2) is 5.82 Å². The molecule has 0 aromatic heterocycles. The number of hydrogen-bond donors (Lipinski definition) is 2. The van der Waals surface area contributed by atoms with E-state index in [1.54, 1.807) is 0 Å². The highest BCUT2D eigenvalue weighted by Gasteiger charge is 2.56. The zero-order valence-electron chi connectivity index (χ0n) is 16.2. The molecule has 0 saturated heterocycles. The SMILES string of the molecule is CC(=O)N(C)c1c(F)ccc(NC(=O)c2cc(NC(=O)[C@H]3CC3(Cl)Cl)ccc2Cl)c1F. The summed E-state index contributed by atoms with van der Waals surface area (Å²) in [6.07, 6.45) is 0.309. The second kappa shape index (κ2) is 8.61. The topological polar surface area (TPSA) is 78.5 Å². The van der Waals surface area contributed by atoms with Gasteiger partial charge in [-0.1, -0.05) is 11.6 Å². The number of rotatable bonds is 5. The van der Waals surface area contributed by atoms with Crippen LogP contribution in [0.1, 0.15) is 23.7 Å². The van der Waals surface area contributed by atoms with E-state index >= 15 is 0 Å². The van der Waals surface area contributed by atoms with E-state index in [1.165, 1.54) is 25.2 Å². The van der Waals surface area contributed by atoms with Crippen molar-refractivity contribution in [3.05, 3.63) is 52.6 Å². The van der Waals surface area contributed by atoms with Gasteiger partial charge in [0.1, 0.15) is 15.8 Å². The lowest BCUT2D eigenvalue weighted by Gasteiger charge is -2.18. The number of carbonyl (C=O) groups excluding carboxylic acids is 3. The number of alkyl halides is 2. The molecule has 0 spiro atoms. The second-order valence-electron chi connectivity index (χ2n) is 6.99. The van der Waals surface area contributed by atoms with Crippen LogP contribution in [0.3, 0.4) is 0 Å². The van der Waals surface area contributed by atoms with Gasteiger partial charge >= 0.3 is 0 Å². The monoisotopic (exact) mass is 489 g/mol. The minimum absolute atomic E-state index is 0.0366. The van der Waals surface area contributed by atoms with Gasteiger partial charge < -0.3 is 15.5 Å². The highest BCUT2D eigenvalue weighted by atomic mass is 35.5. The van der Waals surface area contributed by atoms with Gasteiger partial charge in [-0.05, 0) is 36.8 Å². The molecule has 0 radical (unpaired) electrons. The van der Waals surface area contributed by atoms with E-state index in [9.17, 15) is 23.2 Å². The van der Waals surface area contributed by atoms with Crippen LogP contribution in [0.5, 0.6) is 0 Å². The summed E-state index contributed by atoms with van der Waals surface area (Å²) >= 11 is 17.8. The Labute approximate surface area is 191 Å². The lowest BCUT2D eigenvalue weighted by molar-refractivity contribution is -0.117. The molecule has 11 heteroatoms. The Morgan fingerprint density at radius 1 is 1.13 bits per heavy atom. The van der Waals surface area contributed by atoms with E-state index in [0.29, 0.717) is 6.42 Å². The minimum Gasteiger partial charge on any atom is -0.326 e. The summed E-state index contributed by atoms with van der Waals surface area (Å²) < 4.78 is 27.7. The molecule has 0 bridgehead atoms. The summed E-state index contributed by atoms with van der Waals surface area (Å²) in [4.78, 5) is 37.1. The van der Waals surface area contributed by atoms with Crippen molar-refractivity contribution in [1.82, 2.24) is 0 Å². The van der Waals surface area contributed by atoms with Gasteiger partial charge in [0, 0.05) is 19.7 Å². The van der Waals surface area contributed by atoms with E-state index in [-0.39, 0.29) is 22.0 Å². The summed E-state index contributed by atoms with van der Waals surface area (Å²) in [5.74, 6) is -4.49. The molecule has 164 valence electrons. The number of halogens is 5. The first kappa shape index (κ1) is 23.2. The fourth-order valence-corrected chi connectivity index (χ4v) is 3.51. The first-order valence-electron chi connectivity index (χ1n) is 8.94. The van der Waals surface area contributed by atoms with Crippen molar-refractivity contribution in [3.8, 4) is 0 Å². The molecule has 1 atom stereocenters. The molecule has 0 unspecified atom stereocenters.